The first kappa shape index (κ1) is 17.8. The molecule has 0 spiro atoms. The molecular weight excluding hydrogens is 342 g/mol. The Morgan fingerprint density at radius 1 is 1.00 bits per heavy atom. The number of aromatic nitrogens is 1. The molecule has 2 amide bonds. The topological polar surface area (TPSA) is 62.7 Å². The fourth-order valence-electron chi connectivity index (χ4n) is 4.04. The highest BCUT2D eigenvalue weighted by atomic mass is 16.5. The Bertz CT molecular complexity index is 853. The molecule has 0 N–H and O–H groups in total. The molecule has 6 nitrogen and oxygen atoms in total. The summed E-state index contributed by atoms with van der Waals surface area (Å²) in [5, 5.41) is 0.945. The molecule has 0 bridgehead atoms. The van der Waals surface area contributed by atoms with Gasteiger partial charge >= 0.3 is 0 Å². The molecule has 2 aromatic rings. The number of likely N-dealkylation sites (tertiary alicyclic amines) is 2. The molecule has 2 fully saturated rings. The Morgan fingerprint density at radius 3 is 2.44 bits per heavy atom. The van der Waals surface area contributed by atoms with Crippen molar-refractivity contribution in [1.29, 1.82) is 0 Å². The Labute approximate surface area is 159 Å². The number of hydrogen-bond donors (Lipinski definition) is 0. The van der Waals surface area contributed by atoms with Crippen LogP contribution in [0.1, 0.15) is 36.2 Å². The van der Waals surface area contributed by atoms with E-state index in [1.807, 2.05) is 34.1 Å². The minimum absolute atomic E-state index is 0.0558. The van der Waals surface area contributed by atoms with E-state index < -0.39 is 0 Å². The number of pyridine rings is 1. The van der Waals surface area contributed by atoms with Gasteiger partial charge in [0.2, 0.25) is 5.91 Å². The van der Waals surface area contributed by atoms with Crippen molar-refractivity contribution in [1.82, 2.24) is 14.8 Å². The third kappa shape index (κ3) is 3.61. The zero-order valence-corrected chi connectivity index (χ0v) is 15.7. The highest BCUT2D eigenvalue weighted by Gasteiger charge is 2.31. The van der Waals surface area contributed by atoms with Crippen LogP contribution in [0, 0.1) is 5.92 Å². The van der Waals surface area contributed by atoms with Crippen LogP contribution in [0.5, 0.6) is 5.75 Å². The van der Waals surface area contributed by atoms with Gasteiger partial charge in [0.15, 0.2) is 0 Å². The van der Waals surface area contributed by atoms with Gasteiger partial charge in [-0.2, -0.15) is 0 Å². The Hall–Kier alpha value is -2.63. The van der Waals surface area contributed by atoms with Gasteiger partial charge < -0.3 is 14.5 Å². The van der Waals surface area contributed by atoms with Crippen molar-refractivity contribution in [3.8, 4) is 5.75 Å². The van der Waals surface area contributed by atoms with Crippen LogP contribution >= 0.6 is 0 Å². The van der Waals surface area contributed by atoms with Crippen LogP contribution in [-0.4, -0.2) is 59.9 Å². The number of benzene rings is 1. The predicted octanol–water partition coefficient (Wildman–Crippen LogP) is 2.72. The van der Waals surface area contributed by atoms with E-state index >= 15 is 0 Å². The van der Waals surface area contributed by atoms with E-state index in [4.69, 9.17) is 4.74 Å². The van der Waals surface area contributed by atoms with Crippen molar-refractivity contribution >= 4 is 22.7 Å². The number of rotatable bonds is 3. The van der Waals surface area contributed by atoms with E-state index in [1.165, 1.54) is 0 Å². The Balaban J connectivity index is 1.41. The average Bonchev–Trinajstić information content (AvgIpc) is 3.27. The number of carbonyl (C=O) groups is 2. The standard InChI is InChI=1S/C21H25N3O3/c1-27-17-5-7-18-16(14-17)4-6-19(22-18)21(26)24-12-8-15(9-13-24)20(25)23-10-2-3-11-23/h4-7,14-15H,2-3,8-13H2,1H3. The summed E-state index contributed by atoms with van der Waals surface area (Å²) in [6, 6.07) is 9.30. The second-order valence-corrected chi connectivity index (χ2v) is 7.35. The molecule has 0 aliphatic carbocycles. The van der Waals surface area contributed by atoms with Crippen molar-refractivity contribution in [3.63, 3.8) is 0 Å². The van der Waals surface area contributed by atoms with Gasteiger partial charge in [0.05, 0.1) is 12.6 Å². The maximum absolute atomic E-state index is 12.8. The molecule has 2 aliphatic heterocycles. The summed E-state index contributed by atoms with van der Waals surface area (Å²) < 4.78 is 5.23. The summed E-state index contributed by atoms with van der Waals surface area (Å²) in [6.07, 6.45) is 3.71. The van der Waals surface area contributed by atoms with Crippen molar-refractivity contribution < 1.29 is 14.3 Å². The van der Waals surface area contributed by atoms with Crippen molar-refractivity contribution in [3.05, 3.63) is 36.0 Å². The molecular formula is C21H25N3O3. The summed E-state index contributed by atoms with van der Waals surface area (Å²) in [6.45, 7) is 3.02. The first-order valence-electron chi connectivity index (χ1n) is 9.68. The second kappa shape index (κ2) is 7.55. The molecule has 3 heterocycles. The SMILES string of the molecule is COc1ccc2nc(C(=O)N3CCC(C(=O)N4CCCC4)CC3)ccc2c1. The summed E-state index contributed by atoms with van der Waals surface area (Å²) in [5.74, 6) is 1.05. The van der Waals surface area contributed by atoms with Gasteiger partial charge in [-0.05, 0) is 49.9 Å². The number of ether oxygens (including phenoxy) is 1. The quantitative estimate of drug-likeness (QED) is 0.837. The third-order valence-corrected chi connectivity index (χ3v) is 5.66. The second-order valence-electron chi connectivity index (χ2n) is 7.35. The van der Waals surface area contributed by atoms with Crippen LogP contribution in [-0.2, 0) is 4.79 Å². The van der Waals surface area contributed by atoms with Crippen molar-refractivity contribution in [2.24, 2.45) is 5.92 Å². The predicted molar refractivity (Wildman–Crippen MR) is 103 cm³/mol. The third-order valence-electron chi connectivity index (χ3n) is 5.66. The van der Waals surface area contributed by atoms with Crippen LogP contribution in [0.4, 0.5) is 0 Å². The van der Waals surface area contributed by atoms with E-state index in [0.717, 1.165) is 55.4 Å². The number of hydrogen-bond acceptors (Lipinski definition) is 4. The lowest BCUT2D eigenvalue weighted by Crippen LogP contribution is -2.44. The fraction of sp³-hybridized carbons (Fsp3) is 0.476. The van der Waals surface area contributed by atoms with Gasteiger partial charge in [0.1, 0.15) is 11.4 Å². The highest BCUT2D eigenvalue weighted by molar-refractivity contribution is 5.95. The van der Waals surface area contributed by atoms with Gasteiger partial charge in [0.25, 0.3) is 5.91 Å². The lowest BCUT2D eigenvalue weighted by atomic mass is 9.95. The molecule has 0 saturated carbocycles. The van der Waals surface area contributed by atoms with Gasteiger partial charge in [-0.1, -0.05) is 6.07 Å². The molecule has 1 aromatic carbocycles. The van der Waals surface area contributed by atoms with E-state index in [9.17, 15) is 9.59 Å². The Morgan fingerprint density at radius 2 is 1.74 bits per heavy atom. The first-order valence-corrected chi connectivity index (χ1v) is 9.68. The lowest BCUT2D eigenvalue weighted by Gasteiger charge is -2.33. The molecule has 0 radical (unpaired) electrons. The molecule has 142 valence electrons. The molecule has 27 heavy (non-hydrogen) atoms. The zero-order valence-electron chi connectivity index (χ0n) is 15.7. The zero-order chi connectivity index (χ0) is 18.8. The average molecular weight is 367 g/mol. The van der Waals surface area contributed by atoms with Gasteiger partial charge in [-0.25, -0.2) is 4.98 Å². The van der Waals surface area contributed by atoms with E-state index in [1.54, 1.807) is 13.2 Å². The number of carbonyl (C=O) groups excluding carboxylic acids is 2. The molecule has 0 unspecified atom stereocenters. The summed E-state index contributed by atoms with van der Waals surface area (Å²) in [7, 11) is 1.63. The number of amides is 2. The normalized spacial score (nSPS) is 18.1. The molecule has 1 aromatic heterocycles. The summed E-state index contributed by atoms with van der Waals surface area (Å²) in [4.78, 5) is 33.7. The molecule has 0 atom stereocenters. The number of piperidine rings is 1. The van der Waals surface area contributed by atoms with Crippen LogP contribution in [0.25, 0.3) is 10.9 Å². The molecule has 4 rings (SSSR count). The smallest absolute Gasteiger partial charge is 0.272 e. The van der Waals surface area contributed by atoms with Crippen LogP contribution < -0.4 is 4.74 Å². The van der Waals surface area contributed by atoms with Crippen molar-refractivity contribution in [2.45, 2.75) is 25.7 Å². The molecule has 2 aliphatic rings. The minimum atomic E-state index is -0.0558. The molecule has 2 saturated heterocycles. The van der Waals surface area contributed by atoms with Crippen LogP contribution in [0.2, 0.25) is 0 Å². The number of nitrogens with zero attached hydrogens (tertiary/aromatic N) is 3. The largest absolute Gasteiger partial charge is 0.497 e. The van der Waals surface area contributed by atoms with E-state index in [0.29, 0.717) is 18.8 Å². The van der Waals surface area contributed by atoms with Crippen LogP contribution in [0.15, 0.2) is 30.3 Å². The Kier molecular flexibility index (Phi) is 4.97. The van der Waals surface area contributed by atoms with Crippen molar-refractivity contribution in [2.75, 3.05) is 33.3 Å². The monoisotopic (exact) mass is 367 g/mol. The van der Waals surface area contributed by atoms with Gasteiger partial charge in [0, 0.05) is 37.5 Å². The molecule has 6 heteroatoms. The van der Waals surface area contributed by atoms with E-state index in [2.05, 4.69) is 4.98 Å². The number of methoxy groups -OCH3 is 1. The minimum Gasteiger partial charge on any atom is -0.497 e. The maximum atomic E-state index is 12.8. The summed E-state index contributed by atoms with van der Waals surface area (Å²) >= 11 is 0. The highest BCUT2D eigenvalue weighted by Crippen LogP contribution is 2.24. The first-order chi connectivity index (χ1) is 13.2. The van der Waals surface area contributed by atoms with Gasteiger partial charge in [-0.3, -0.25) is 9.59 Å². The lowest BCUT2D eigenvalue weighted by molar-refractivity contribution is -0.135. The summed E-state index contributed by atoms with van der Waals surface area (Å²) in [5.41, 5.74) is 1.23. The maximum Gasteiger partial charge on any atom is 0.272 e. The fourth-order valence-corrected chi connectivity index (χ4v) is 4.04. The van der Waals surface area contributed by atoms with E-state index in [-0.39, 0.29) is 17.7 Å². The van der Waals surface area contributed by atoms with Gasteiger partial charge in [-0.15, -0.1) is 0 Å². The number of fused-ring (bicyclic) bond motifs is 1. The van der Waals surface area contributed by atoms with Crippen LogP contribution in [0.3, 0.4) is 0 Å².